The van der Waals surface area contributed by atoms with Crippen LogP contribution in [0.15, 0.2) is 36.4 Å². The average Bonchev–Trinajstić information content (AvgIpc) is 2.45. The van der Waals surface area contributed by atoms with Gasteiger partial charge in [-0.05, 0) is 17.7 Å². The summed E-state index contributed by atoms with van der Waals surface area (Å²) in [5.74, 6) is -0.203. The topological polar surface area (TPSA) is 52.4 Å². The number of halogens is 3. The van der Waals surface area contributed by atoms with E-state index in [1.54, 1.807) is 12.1 Å². The Morgan fingerprint density at radius 3 is 2.76 bits per heavy atom. The predicted molar refractivity (Wildman–Crippen MR) is 81.5 cm³/mol. The minimum atomic E-state index is -0.678. The zero-order valence-corrected chi connectivity index (χ0v) is 13.0. The highest BCUT2D eigenvalue weighted by molar-refractivity contribution is 9.08. The van der Waals surface area contributed by atoms with Crippen LogP contribution in [0.25, 0.3) is 0 Å². The van der Waals surface area contributed by atoms with Crippen LogP contribution in [-0.4, -0.2) is 4.92 Å². The van der Waals surface area contributed by atoms with Crippen LogP contribution in [0.1, 0.15) is 11.1 Å². The van der Waals surface area contributed by atoms with E-state index < -0.39 is 10.7 Å². The minimum absolute atomic E-state index is 0.0116. The maximum Gasteiger partial charge on any atom is 0.272 e. The van der Waals surface area contributed by atoms with Gasteiger partial charge in [-0.15, -0.1) is 0 Å². The molecule has 4 nitrogen and oxygen atoms in total. The Morgan fingerprint density at radius 2 is 2.10 bits per heavy atom. The van der Waals surface area contributed by atoms with Crippen molar-refractivity contribution in [3.8, 4) is 5.75 Å². The zero-order valence-electron chi connectivity index (χ0n) is 10.7. The van der Waals surface area contributed by atoms with Crippen molar-refractivity contribution in [3.63, 3.8) is 0 Å². The maximum absolute atomic E-state index is 13.3. The largest absolute Gasteiger partial charge is 0.487 e. The molecule has 0 atom stereocenters. The molecule has 2 aromatic carbocycles. The number of nitrogens with zero attached hydrogens (tertiary/aromatic N) is 1. The summed E-state index contributed by atoms with van der Waals surface area (Å²) in [5.41, 5.74) is 0.893. The van der Waals surface area contributed by atoms with E-state index in [9.17, 15) is 14.5 Å². The first kappa shape index (κ1) is 15.7. The highest BCUT2D eigenvalue weighted by Gasteiger charge is 2.12. The van der Waals surface area contributed by atoms with Crippen LogP contribution in [-0.2, 0) is 11.9 Å². The summed E-state index contributed by atoms with van der Waals surface area (Å²) in [5, 5.41) is 11.7. The molecule has 0 saturated heterocycles. The molecule has 0 aliphatic rings. The molecule has 0 saturated carbocycles. The summed E-state index contributed by atoms with van der Waals surface area (Å²) in [7, 11) is 0. The number of nitro benzene ring substituents is 1. The number of nitro groups is 1. The number of hydrogen-bond acceptors (Lipinski definition) is 3. The summed E-state index contributed by atoms with van der Waals surface area (Å²) in [6.45, 7) is -0.0116. The van der Waals surface area contributed by atoms with Gasteiger partial charge >= 0.3 is 0 Å². The third-order valence-corrected chi connectivity index (χ3v) is 3.63. The van der Waals surface area contributed by atoms with E-state index in [0.717, 1.165) is 11.6 Å². The molecule has 0 unspecified atom stereocenters. The molecule has 2 rings (SSSR count). The second-order valence-corrected chi connectivity index (χ2v) is 5.19. The van der Waals surface area contributed by atoms with Crippen LogP contribution >= 0.6 is 27.5 Å². The van der Waals surface area contributed by atoms with Crippen LogP contribution < -0.4 is 4.74 Å². The van der Waals surface area contributed by atoms with Crippen molar-refractivity contribution in [3.05, 3.63) is 68.5 Å². The lowest BCUT2D eigenvalue weighted by molar-refractivity contribution is -0.385. The molecule has 0 spiro atoms. The Kier molecular flexibility index (Phi) is 5.14. The normalized spacial score (nSPS) is 10.4. The standard InChI is InChI=1S/C14H10BrClFNO3/c15-7-10-2-1-3-13(16)14(10)21-8-9-4-11(17)6-12(5-9)18(19)20/h1-6H,7-8H2. The van der Waals surface area contributed by atoms with E-state index in [2.05, 4.69) is 15.9 Å². The molecule has 0 aliphatic heterocycles. The molecule has 0 amide bonds. The fourth-order valence-corrected chi connectivity index (χ4v) is 2.49. The van der Waals surface area contributed by atoms with Gasteiger partial charge in [-0.2, -0.15) is 0 Å². The quantitative estimate of drug-likeness (QED) is 0.426. The van der Waals surface area contributed by atoms with Gasteiger partial charge < -0.3 is 4.74 Å². The molecular formula is C14H10BrClFNO3. The minimum Gasteiger partial charge on any atom is -0.487 e. The number of rotatable bonds is 5. The summed E-state index contributed by atoms with van der Waals surface area (Å²) < 4.78 is 18.9. The van der Waals surface area contributed by atoms with Gasteiger partial charge in [0.05, 0.1) is 16.0 Å². The van der Waals surface area contributed by atoms with Gasteiger partial charge in [0.2, 0.25) is 0 Å². The molecule has 0 radical (unpaired) electrons. The van der Waals surface area contributed by atoms with Crippen molar-refractivity contribution >= 4 is 33.2 Å². The summed E-state index contributed by atoms with van der Waals surface area (Å²) in [6, 6.07) is 8.63. The van der Waals surface area contributed by atoms with Gasteiger partial charge in [0.15, 0.2) is 0 Å². The van der Waals surface area contributed by atoms with Gasteiger partial charge in [-0.25, -0.2) is 4.39 Å². The molecule has 110 valence electrons. The number of benzene rings is 2. The molecule has 0 N–H and O–H groups in total. The Hall–Kier alpha value is -1.66. The van der Waals surface area contributed by atoms with Crippen LogP contribution in [0, 0.1) is 15.9 Å². The molecular weight excluding hydrogens is 365 g/mol. The van der Waals surface area contributed by atoms with Crippen LogP contribution in [0.4, 0.5) is 10.1 Å². The molecule has 0 bridgehead atoms. The third-order valence-electron chi connectivity index (χ3n) is 2.73. The smallest absolute Gasteiger partial charge is 0.272 e. The Morgan fingerprint density at radius 1 is 1.33 bits per heavy atom. The van der Waals surface area contributed by atoms with E-state index in [0.29, 0.717) is 21.7 Å². The third kappa shape index (κ3) is 3.92. The van der Waals surface area contributed by atoms with Gasteiger partial charge in [-0.3, -0.25) is 10.1 Å². The van der Waals surface area contributed by atoms with Crippen molar-refractivity contribution in [2.24, 2.45) is 0 Å². The molecule has 0 aromatic heterocycles. The molecule has 0 heterocycles. The van der Waals surface area contributed by atoms with Crippen molar-refractivity contribution in [1.82, 2.24) is 0 Å². The van der Waals surface area contributed by atoms with Crippen molar-refractivity contribution in [2.45, 2.75) is 11.9 Å². The lowest BCUT2D eigenvalue weighted by Crippen LogP contribution is -2.00. The van der Waals surface area contributed by atoms with E-state index in [-0.39, 0.29) is 12.3 Å². The number of non-ortho nitro benzene ring substituents is 1. The molecule has 0 fully saturated rings. The fraction of sp³-hybridized carbons (Fsp3) is 0.143. The van der Waals surface area contributed by atoms with Gasteiger partial charge in [-0.1, -0.05) is 39.7 Å². The van der Waals surface area contributed by atoms with E-state index in [4.69, 9.17) is 16.3 Å². The summed E-state index contributed by atoms with van der Waals surface area (Å²) in [4.78, 5) is 10.1. The first-order valence-corrected chi connectivity index (χ1v) is 7.41. The molecule has 0 aliphatic carbocycles. The van der Waals surface area contributed by atoms with E-state index in [1.165, 1.54) is 12.1 Å². The number of ether oxygens (including phenoxy) is 1. The fourth-order valence-electron chi connectivity index (χ4n) is 1.80. The average molecular weight is 375 g/mol. The summed E-state index contributed by atoms with van der Waals surface area (Å²) in [6.07, 6.45) is 0. The van der Waals surface area contributed by atoms with Crippen LogP contribution in [0.2, 0.25) is 5.02 Å². The highest BCUT2D eigenvalue weighted by atomic mass is 79.9. The maximum atomic E-state index is 13.3. The monoisotopic (exact) mass is 373 g/mol. The summed E-state index contributed by atoms with van der Waals surface area (Å²) >= 11 is 9.38. The van der Waals surface area contributed by atoms with Crippen molar-refractivity contribution < 1.29 is 14.1 Å². The first-order chi connectivity index (χ1) is 10.0. The molecule has 2 aromatic rings. The number of hydrogen-bond donors (Lipinski definition) is 0. The lowest BCUT2D eigenvalue weighted by Gasteiger charge is -2.11. The number of para-hydroxylation sites is 1. The van der Waals surface area contributed by atoms with Gasteiger partial charge in [0, 0.05) is 17.0 Å². The Bertz CT molecular complexity index is 681. The van der Waals surface area contributed by atoms with E-state index >= 15 is 0 Å². The number of alkyl halides is 1. The second-order valence-electron chi connectivity index (χ2n) is 4.23. The highest BCUT2D eigenvalue weighted by Crippen LogP contribution is 2.31. The lowest BCUT2D eigenvalue weighted by atomic mass is 10.2. The van der Waals surface area contributed by atoms with E-state index in [1.807, 2.05) is 6.07 Å². The Balaban J connectivity index is 2.23. The van der Waals surface area contributed by atoms with Gasteiger partial charge in [0.1, 0.15) is 18.2 Å². The van der Waals surface area contributed by atoms with Crippen molar-refractivity contribution in [2.75, 3.05) is 0 Å². The molecule has 21 heavy (non-hydrogen) atoms. The van der Waals surface area contributed by atoms with Crippen LogP contribution in [0.5, 0.6) is 5.75 Å². The van der Waals surface area contributed by atoms with Gasteiger partial charge in [0.25, 0.3) is 5.69 Å². The van der Waals surface area contributed by atoms with Crippen molar-refractivity contribution in [1.29, 1.82) is 0 Å². The Labute approximate surface area is 133 Å². The second kappa shape index (κ2) is 6.87. The predicted octanol–water partition coefficient (Wildman–Crippen LogP) is 4.86. The SMILES string of the molecule is O=[N+]([O-])c1cc(F)cc(COc2c(Cl)cccc2CBr)c1. The van der Waals surface area contributed by atoms with Crippen LogP contribution in [0.3, 0.4) is 0 Å². The molecule has 7 heteroatoms. The zero-order chi connectivity index (χ0) is 15.4. The first-order valence-electron chi connectivity index (χ1n) is 5.91.